The van der Waals surface area contributed by atoms with Crippen molar-refractivity contribution < 1.29 is 5.11 Å². The SMILES string of the molecule is N#CC#N.Oc1ccccc1-c1ccccc1. The largest absolute Gasteiger partial charge is 0.507 e. The highest BCUT2D eigenvalue weighted by Gasteiger charge is 2.00. The summed E-state index contributed by atoms with van der Waals surface area (Å²) in [5.41, 5.74) is 1.92. The molecule has 2 aromatic carbocycles. The third-order valence-corrected chi connectivity index (χ3v) is 2.04. The Labute approximate surface area is 99.8 Å². The van der Waals surface area contributed by atoms with Crippen molar-refractivity contribution in [1.29, 1.82) is 10.5 Å². The summed E-state index contributed by atoms with van der Waals surface area (Å²) >= 11 is 0. The fourth-order valence-corrected chi connectivity index (χ4v) is 1.34. The molecule has 0 heterocycles. The predicted octanol–water partition coefficient (Wildman–Crippen LogP) is 3.09. The lowest BCUT2D eigenvalue weighted by Gasteiger charge is -2.02. The number of para-hydroxylation sites is 1. The van der Waals surface area contributed by atoms with Crippen LogP contribution in [0.4, 0.5) is 0 Å². The predicted molar refractivity (Wildman–Crippen MR) is 64.8 cm³/mol. The molecule has 0 aliphatic heterocycles. The molecular formula is C14H10N2O. The van der Waals surface area contributed by atoms with Crippen molar-refractivity contribution >= 4 is 0 Å². The molecule has 82 valence electrons. The summed E-state index contributed by atoms with van der Waals surface area (Å²) in [6.07, 6.45) is 0. The smallest absolute Gasteiger partial charge is 0.181 e. The molecular weight excluding hydrogens is 212 g/mol. The molecule has 0 amide bonds. The molecule has 0 unspecified atom stereocenters. The number of hydrogen-bond donors (Lipinski definition) is 1. The van der Waals surface area contributed by atoms with E-state index in [2.05, 4.69) is 0 Å². The molecule has 17 heavy (non-hydrogen) atoms. The molecule has 0 saturated carbocycles. The van der Waals surface area contributed by atoms with Crippen LogP contribution < -0.4 is 0 Å². The maximum atomic E-state index is 9.56. The minimum Gasteiger partial charge on any atom is -0.507 e. The van der Waals surface area contributed by atoms with Gasteiger partial charge in [-0.3, -0.25) is 0 Å². The summed E-state index contributed by atoms with van der Waals surface area (Å²) in [6.45, 7) is 0. The number of hydrogen-bond acceptors (Lipinski definition) is 3. The van der Waals surface area contributed by atoms with Gasteiger partial charge in [-0.25, -0.2) is 0 Å². The number of benzene rings is 2. The summed E-state index contributed by atoms with van der Waals surface area (Å²) in [4.78, 5) is 0. The molecule has 2 aromatic rings. The molecule has 0 aromatic heterocycles. The Morgan fingerprint density at radius 2 is 1.29 bits per heavy atom. The molecule has 0 saturated heterocycles. The summed E-state index contributed by atoms with van der Waals surface area (Å²) in [6, 6.07) is 19.7. The zero-order chi connectivity index (χ0) is 12.5. The minimum atomic E-state index is 0.328. The van der Waals surface area contributed by atoms with Crippen LogP contribution in [0.2, 0.25) is 0 Å². The van der Waals surface area contributed by atoms with E-state index >= 15 is 0 Å². The minimum absolute atomic E-state index is 0.328. The topological polar surface area (TPSA) is 67.8 Å². The number of phenolic OH excluding ortho intramolecular Hbond substituents is 1. The fraction of sp³-hybridized carbons (Fsp3) is 0. The average molecular weight is 222 g/mol. The lowest BCUT2D eigenvalue weighted by Crippen LogP contribution is -1.76. The molecule has 3 heteroatoms. The molecule has 0 atom stereocenters. The summed E-state index contributed by atoms with van der Waals surface area (Å²) < 4.78 is 0. The van der Waals surface area contributed by atoms with Crippen LogP contribution in [-0.4, -0.2) is 5.11 Å². The van der Waals surface area contributed by atoms with E-state index in [-0.39, 0.29) is 0 Å². The highest BCUT2D eigenvalue weighted by atomic mass is 16.3. The molecule has 3 nitrogen and oxygen atoms in total. The maximum absolute atomic E-state index is 9.56. The van der Waals surface area contributed by atoms with Crippen LogP contribution in [0.1, 0.15) is 0 Å². The van der Waals surface area contributed by atoms with Gasteiger partial charge in [0.25, 0.3) is 0 Å². The van der Waals surface area contributed by atoms with Crippen LogP contribution in [0.15, 0.2) is 54.6 Å². The molecule has 0 spiro atoms. The van der Waals surface area contributed by atoms with Gasteiger partial charge in [0.05, 0.1) is 0 Å². The van der Waals surface area contributed by atoms with Gasteiger partial charge in [0.1, 0.15) is 5.75 Å². The molecule has 0 bridgehead atoms. The Morgan fingerprint density at radius 1 is 0.765 bits per heavy atom. The van der Waals surface area contributed by atoms with Gasteiger partial charge in [0.2, 0.25) is 0 Å². The van der Waals surface area contributed by atoms with Crippen LogP contribution in [0, 0.1) is 22.7 Å². The van der Waals surface area contributed by atoms with Gasteiger partial charge in [-0.1, -0.05) is 48.5 Å². The van der Waals surface area contributed by atoms with Crippen molar-refractivity contribution in [2.24, 2.45) is 0 Å². The Kier molecular flexibility index (Phi) is 4.81. The van der Waals surface area contributed by atoms with Crippen LogP contribution in [0.3, 0.4) is 0 Å². The number of phenols is 1. The van der Waals surface area contributed by atoms with Crippen LogP contribution in [-0.2, 0) is 0 Å². The van der Waals surface area contributed by atoms with Crippen molar-refractivity contribution in [3.05, 3.63) is 54.6 Å². The summed E-state index contributed by atoms with van der Waals surface area (Å²) in [5.74, 6) is 0.328. The van der Waals surface area contributed by atoms with Crippen LogP contribution in [0.25, 0.3) is 11.1 Å². The first-order valence-corrected chi connectivity index (χ1v) is 4.91. The number of aromatic hydroxyl groups is 1. The molecule has 0 aliphatic rings. The van der Waals surface area contributed by atoms with E-state index in [1.165, 1.54) is 12.1 Å². The van der Waals surface area contributed by atoms with Crippen LogP contribution in [0.5, 0.6) is 5.75 Å². The van der Waals surface area contributed by atoms with Gasteiger partial charge in [-0.2, -0.15) is 10.5 Å². The Hall–Kier alpha value is -2.78. The highest BCUT2D eigenvalue weighted by molar-refractivity contribution is 5.69. The summed E-state index contributed by atoms with van der Waals surface area (Å²) in [7, 11) is 0. The van der Waals surface area contributed by atoms with Gasteiger partial charge in [-0.05, 0) is 11.6 Å². The third kappa shape index (κ3) is 3.70. The quantitative estimate of drug-likeness (QED) is 0.806. The van der Waals surface area contributed by atoms with Gasteiger partial charge < -0.3 is 5.11 Å². The van der Waals surface area contributed by atoms with Crippen molar-refractivity contribution in [3.63, 3.8) is 0 Å². The second kappa shape index (κ2) is 6.66. The van der Waals surface area contributed by atoms with Crippen molar-refractivity contribution in [2.45, 2.75) is 0 Å². The Bertz CT molecular complexity index is 538. The lowest BCUT2D eigenvalue weighted by molar-refractivity contribution is 0.477. The zero-order valence-electron chi connectivity index (χ0n) is 9.04. The van der Waals surface area contributed by atoms with Crippen LogP contribution >= 0.6 is 0 Å². The first-order valence-electron chi connectivity index (χ1n) is 4.91. The molecule has 0 aliphatic carbocycles. The number of rotatable bonds is 1. The van der Waals surface area contributed by atoms with E-state index in [9.17, 15) is 5.11 Å². The summed E-state index contributed by atoms with van der Waals surface area (Å²) in [5, 5.41) is 24.1. The second-order valence-electron chi connectivity index (χ2n) is 3.11. The van der Waals surface area contributed by atoms with Crippen molar-refractivity contribution in [1.82, 2.24) is 0 Å². The van der Waals surface area contributed by atoms with Gasteiger partial charge in [0.15, 0.2) is 12.1 Å². The average Bonchev–Trinajstić information content (AvgIpc) is 2.41. The second-order valence-corrected chi connectivity index (χ2v) is 3.11. The zero-order valence-corrected chi connectivity index (χ0v) is 9.04. The van der Waals surface area contributed by atoms with E-state index in [0.717, 1.165) is 11.1 Å². The van der Waals surface area contributed by atoms with E-state index < -0.39 is 0 Å². The van der Waals surface area contributed by atoms with Crippen molar-refractivity contribution in [2.75, 3.05) is 0 Å². The Morgan fingerprint density at radius 3 is 1.82 bits per heavy atom. The molecule has 1 N–H and O–H groups in total. The normalized spacial score (nSPS) is 8.12. The standard InChI is InChI=1S/C12H10O.C2N2/c13-12-9-5-4-8-11(12)10-6-2-1-3-7-10;3-1-2-4/h1-9,13H;. The molecule has 0 fully saturated rings. The van der Waals surface area contributed by atoms with Gasteiger partial charge in [-0.15, -0.1) is 0 Å². The van der Waals surface area contributed by atoms with E-state index in [0.29, 0.717) is 5.75 Å². The van der Waals surface area contributed by atoms with E-state index in [4.69, 9.17) is 10.5 Å². The van der Waals surface area contributed by atoms with E-state index in [1.54, 1.807) is 6.07 Å². The first kappa shape index (κ1) is 12.3. The van der Waals surface area contributed by atoms with Gasteiger partial charge in [0, 0.05) is 5.56 Å². The maximum Gasteiger partial charge on any atom is 0.181 e. The van der Waals surface area contributed by atoms with E-state index in [1.807, 2.05) is 48.5 Å². The number of nitrogens with zero attached hydrogens (tertiary/aromatic N) is 2. The Balaban J connectivity index is 0.000000317. The third-order valence-electron chi connectivity index (χ3n) is 2.04. The molecule has 0 radical (unpaired) electrons. The van der Waals surface area contributed by atoms with Crippen molar-refractivity contribution in [3.8, 4) is 29.0 Å². The number of nitriles is 2. The monoisotopic (exact) mass is 222 g/mol. The fourth-order valence-electron chi connectivity index (χ4n) is 1.34. The van der Waals surface area contributed by atoms with Gasteiger partial charge >= 0.3 is 0 Å². The first-order chi connectivity index (χ1) is 8.29. The highest BCUT2D eigenvalue weighted by Crippen LogP contribution is 2.27. The molecule has 2 rings (SSSR count). The lowest BCUT2D eigenvalue weighted by atomic mass is 10.1.